The SMILES string of the molecule is CCCCN(CCCN(C)C)c1cc(/C=C2/Sc3cccc4c3N2CCC4)c2ccccc2[n+]1-c1ccccc1. The zero-order valence-electron chi connectivity index (χ0n) is 24.1. The number of rotatable bonds is 10. The Hall–Kier alpha value is -3.28. The summed E-state index contributed by atoms with van der Waals surface area (Å²) in [5, 5.41) is 2.64. The van der Waals surface area contributed by atoms with Crippen molar-refractivity contribution in [3.63, 3.8) is 0 Å². The second kappa shape index (κ2) is 12.1. The highest BCUT2D eigenvalue weighted by atomic mass is 32.2. The van der Waals surface area contributed by atoms with Crippen LogP contribution in [0, 0.1) is 0 Å². The van der Waals surface area contributed by atoms with Crippen molar-refractivity contribution in [2.75, 3.05) is 50.1 Å². The van der Waals surface area contributed by atoms with Crippen LogP contribution in [0.1, 0.15) is 43.7 Å². The average Bonchev–Trinajstić information content (AvgIpc) is 3.34. The minimum atomic E-state index is 1.04. The Morgan fingerprint density at radius 1 is 0.900 bits per heavy atom. The van der Waals surface area contributed by atoms with E-state index < -0.39 is 0 Å². The van der Waals surface area contributed by atoms with Gasteiger partial charge in [0.2, 0.25) is 0 Å². The minimum Gasteiger partial charge on any atom is -0.335 e. The number of benzene rings is 3. The Labute approximate surface area is 243 Å². The normalized spacial score (nSPS) is 15.3. The monoisotopic (exact) mass is 549 g/mol. The lowest BCUT2D eigenvalue weighted by atomic mass is 10.0. The molecule has 0 aliphatic carbocycles. The predicted octanol–water partition coefficient (Wildman–Crippen LogP) is 7.53. The first-order valence-electron chi connectivity index (χ1n) is 14.9. The highest BCUT2D eigenvalue weighted by Gasteiger charge is 2.31. The Morgan fingerprint density at radius 3 is 2.52 bits per heavy atom. The number of thioether (sulfide) groups is 1. The molecule has 0 radical (unpaired) electrons. The van der Waals surface area contributed by atoms with E-state index in [1.807, 2.05) is 11.8 Å². The first-order chi connectivity index (χ1) is 19.6. The summed E-state index contributed by atoms with van der Waals surface area (Å²) >= 11 is 1.93. The number of hydrogen-bond acceptors (Lipinski definition) is 4. The molecule has 0 unspecified atom stereocenters. The molecule has 4 nitrogen and oxygen atoms in total. The van der Waals surface area contributed by atoms with Gasteiger partial charge >= 0.3 is 0 Å². The Balaban J connectivity index is 1.52. The standard InChI is InChI=1S/C35H41N4S/c1-4-5-22-37(23-13-21-36(2)3)33-25-28(26-34-38-24-12-15-27-14-11-20-32(40-34)35(27)38)30-18-9-10-19-31(30)39(33)29-16-7-6-8-17-29/h6-11,14,16-20,25-26H,4-5,12-13,15,21-24H2,1-3H3/q+1. The van der Waals surface area contributed by atoms with E-state index in [4.69, 9.17) is 0 Å². The van der Waals surface area contributed by atoms with Crippen LogP contribution in [0.4, 0.5) is 11.5 Å². The van der Waals surface area contributed by atoms with Gasteiger partial charge in [-0.15, -0.1) is 0 Å². The molecule has 0 saturated carbocycles. The molecule has 206 valence electrons. The maximum atomic E-state index is 2.63. The summed E-state index contributed by atoms with van der Waals surface area (Å²) in [6, 6.07) is 29.1. The van der Waals surface area contributed by atoms with Crippen LogP contribution in [0.3, 0.4) is 0 Å². The van der Waals surface area contributed by atoms with E-state index in [9.17, 15) is 0 Å². The number of pyridine rings is 1. The van der Waals surface area contributed by atoms with Gasteiger partial charge < -0.3 is 9.80 Å². The van der Waals surface area contributed by atoms with Gasteiger partial charge in [0.25, 0.3) is 5.82 Å². The quantitative estimate of drug-likeness (QED) is 0.190. The van der Waals surface area contributed by atoms with Crippen LogP contribution < -0.4 is 14.4 Å². The van der Waals surface area contributed by atoms with Crippen LogP contribution in [0.15, 0.2) is 88.8 Å². The van der Waals surface area contributed by atoms with Crippen molar-refractivity contribution in [2.45, 2.75) is 43.9 Å². The third-order valence-electron chi connectivity index (χ3n) is 8.06. The van der Waals surface area contributed by atoms with Gasteiger partial charge in [-0.2, -0.15) is 4.57 Å². The summed E-state index contributed by atoms with van der Waals surface area (Å²) < 4.78 is 2.48. The van der Waals surface area contributed by atoms with Gasteiger partial charge in [-0.1, -0.05) is 73.6 Å². The van der Waals surface area contributed by atoms with Crippen molar-refractivity contribution in [3.05, 3.63) is 95.0 Å². The fourth-order valence-corrected chi connectivity index (χ4v) is 7.30. The van der Waals surface area contributed by atoms with E-state index >= 15 is 0 Å². The fraction of sp³-hybridized carbons (Fsp3) is 0.343. The van der Waals surface area contributed by atoms with Crippen molar-refractivity contribution < 1.29 is 4.57 Å². The van der Waals surface area contributed by atoms with Gasteiger partial charge in [0.15, 0.2) is 0 Å². The zero-order valence-corrected chi connectivity index (χ0v) is 25.0. The number of aryl methyl sites for hydroxylation is 1. The van der Waals surface area contributed by atoms with Gasteiger partial charge in [0.1, 0.15) is 11.2 Å². The van der Waals surface area contributed by atoms with Crippen molar-refractivity contribution in [3.8, 4) is 5.69 Å². The maximum Gasteiger partial charge on any atom is 0.282 e. The van der Waals surface area contributed by atoms with Crippen LogP contribution in [0.25, 0.3) is 22.7 Å². The van der Waals surface area contributed by atoms with Crippen LogP contribution in [-0.4, -0.2) is 45.2 Å². The number of unbranched alkanes of at least 4 members (excludes halogenated alkanes) is 1. The molecule has 40 heavy (non-hydrogen) atoms. The van der Waals surface area contributed by atoms with E-state index in [1.54, 1.807) is 0 Å². The summed E-state index contributed by atoms with van der Waals surface area (Å²) in [5.41, 5.74) is 6.71. The largest absolute Gasteiger partial charge is 0.335 e. The molecule has 0 saturated heterocycles. The molecule has 0 fully saturated rings. The lowest BCUT2D eigenvalue weighted by Crippen LogP contribution is -2.42. The Bertz CT molecular complexity index is 1510. The number of hydrogen-bond donors (Lipinski definition) is 0. The van der Waals surface area contributed by atoms with Crippen molar-refractivity contribution in [1.29, 1.82) is 0 Å². The molecule has 0 N–H and O–H groups in total. The molecule has 0 atom stereocenters. The number of fused-ring (bicyclic) bond motifs is 1. The number of aromatic nitrogens is 1. The summed E-state index contributed by atoms with van der Waals surface area (Å²) in [6.07, 6.45) is 8.35. The molecule has 2 aliphatic rings. The molecule has 3 aromatic carbocycles. The Kier molecular flexibility index (Phi) is 8.12. The lowest BCUT2D eigenvalue weighted by Gasteiger charge is -2.27. The molecule has 6 rings (SSSR count). The highest BCUT2D eigenvalue weighted by Crippen LogP contribution is 2.50. The number of para-hydroxylation sites is 3. The maximum absolute atomic E-state index is 2.63. The zero-order chi connectivity index (χ0) is 27.5. The summed E-state index contributed by atoms with van der Waals surface area (Å²) in [7, 11) is 4.34. The molecular formula is C35H41N4S+. The third-order valence-corrected chi connectivity index (χ3v) is 9.16. The second-order valence-electron chi connectivity index (χ2n) is 11.2. The summed E-state index contributed by atoms with van der Waals surface area (Å²) in [4.78, 5) is 8.89. The second-order valence-corrected chi connectivity index (χ2v) is 12.3. The first-order valence-corrected chi connectivity index (χ1v) is 15.7. The summed E-state index contributed by atoms with van der Waals surface area (Å²) in [5.74, 6) is 1.28. The van der Waals surface area contributed by atoms with E-state index in [0.717, 1.165) is 32.6 Å². The number of nitrogens with zero attached hydrogens (tertiary/aromatic N) is 4. The van der Waals surface area contributed by atoms with Crippen LogP contribution in [-0.2, 0) is 6.42 Å². The number of anilines is 2. The predicted molar refractivity (Wildman–Crippen MR) is 172 cm³/mol. The molecule has 0 amide bonds. The van der Waals surface area contributed by atoms with E-state index in [-0.39, 0.29) is 0 Å². The van der Waals surface area contributed by atoms with E-state index in [1.165, 1.54) is 74.8 Å². The third kappa shape index (κ3) is 5.37. The smallest absolute Gasteiger partial charge is 0.282 e. The summed E-state index contributed by atoms with van der Waals surface area (Å²) in [6.45, 7) is 6.57. The fourth-order valence-electron chi connectivity index (χ4n) is 6.11. The molecule has 5 heteroatoms. The Morgan fingerprint density at radius 2 is 1.70 bits per heavy atom. The van der Waals surface area contributed by atoms with Gasteiger partial charge in [-0.25, -0.2) is 0 Å². The van der Waals surface area contributed by atoms with Crippen molar-refractivity contribution in [2.24, 2.45) is 0 Å². The van der Waals surface area contributed by atoms with Crippen molar-refractivity contribution in [1.82, 2.24) is 4.90 Å². The van der Waals surface area contributed by atoms with E-state index in [0.29, 0.717) is 0 Å². The average molecular weight is 550 g/mol. The van der Waals surface area contributed by atoms with Crippen molar-refractivity contribution >= 4 is 40.2 Å². The van der Waals surface area contributed by atoms with Crippen LogP contribution in [0.5, 0.6) is 0 Å². The van der Waals surface area contributed by atoms with E-state index in [2.05, 4.69) is 125 Å². The molecular weight excluding hydrogens is 508 g/mol. The van der Waals surface area contributed by atoms with Gasteiger partial charge in [-0.05, 0) is 81.2 Å². The molecule has 3 heterocycles. The minimum absolute atomic E-state index is 1.04. The first kappa shape index (κ1) is 26.9. The molecule has 4 aromatic rings. The highest BCUT2D eigenvalue weighted by molar-refractivity contribution is 8.03. The lowest BCUT2D eigenvalue weighted by molar-refractivity contribution is -0.553. The molecule has 2 aliphatic heterocycles. The van der Waals surface area contributed by atoms with Crippen LogP contribution >= 0.6 is 11.8 Å². The van der Waals surface area contributed by atoms with Gasteiger partial charge in [0.05, 0.1) is 23.8 Å². The van der Waals surface area contributed by atoms with Crippen LogP contribution in [0.2, 0.25) is 0 Å². The molecule has 0 bridgehead atoms. The molecule has 1 aromatic heterocycles. The van der Waals surface area contributed by atoms with Gasteiger partial charge in [-0.3, -0.25) is 4.90 Å². The van der Waals surface area contributed by atoms with Gasteiger partial charge in [0, 0.05) is 29.4 Å². The molecule has 0 spiro atoms. The topological polar surface area (TPSA) is 13.6 Å².